The van der Waals surface area contributed by atoms with Crippen molar-refractivity contribution in [3.63, 3.8) is 0 Å². The number of hydrogen-bond acceptors (Lipinski definition) is 1. The van der Waals surface area contributed by atoms with Gasteiger partial charge in [0.1, 0.15) is 0 Å². The Hall–Kier alpha value is -1.29. The predicted molar refractivity (Wildman–Crippen MR) is 98.7 cm³/mol. The molecule has 0 saturated heterocycles. The van der Waals surface area contributed by atoms with E-state index in [1.165, 1.54) is 42.4 Å². The summed E-state index contributed by atoms with van der Waals surface area (Å²) in [5, 5.41) is 9.97. The third-order valence-electron chi connectivity index (χ3n) is 5.75. The second-order valence-corrected chi connectivity index (χ2v) is 7.65. The number of hydrogen-bond donors (Lipinski definition) is 0. The highest BCUT2D eigenvalue weighted by Crippen LogP contribution is 2.48. The van der Waals surface area contributed by atoms with Crippen LogP contribution in [0.4, 0.5) is 0 Å². The van der Waals surface area contributed by atoms with E-state index in [2.05, 4.69) is 52.0 Å². The molecule has 0 bridgehead atoms. The number of rotatable bonds is 6. The first-order valence-corrected chi connectivity index (χ1v) is 9.62. The molecule has 1 saturated carbocycles. The largest absolute Gasteiger partial charge is 0.198 e. The van der Waals surface area contributed by atoms with E-state index in [1.54, 1.807) is 0 Å². The van der Waals surface area contributed by atoms with Gasteiger partial charge in [-0.2, -0.15) is 5.26 Å². The summed E-state index contributed by atoms with van der Waals surface area (Å²) >= 11 is 0. The van der Waals surface area contributed by atoms with Gasteiger partial charge < -0.3 is 0 Å². The third-order valence-corrected chi connectivity index (χ3v) is 5.75. The number of nitrogens with zero attached hydrogens (tertiary/aromatic N) is 1. The van der Waals surface area contributed by atoms with Crippen molar-refractivity contribution >= 4 is 0 Å². The molecule has 0 heterocycles. The Bertz CT molecular complexity index is 544. The lowest BCUT2D eigenvalue weighted by atomic mass is 9.63. The third kappa shape index (κ3) is 3.79. The number of benzene rings is 1. The Morgan fingerprint density at radius 1 is 1.13 bits per heavy atom. The van der Waals surface area contributed by atoms with Crippen LogP contribution in [0, 0.1) is 16.7 Å². The van der Waals surface area contributed by atoms with Gasteiger partial charge in [-0.1, -0.05) is 71.6 Å². The zero-order valence-corrected chi connectivity index (χ0v) is 15.5. The molecule has 2 rings (SSSR count). The number of aryl methyl sites for hydroxylation is 1. The van der Waals surface area contributed by atoms with Gasteiger partial charge in [-0.15, -0.1) is 0 Å². The maximum atomic E-state index is 9.97. The van der Waals surface area contributed by atoms with Crippen molar-refractivity contribution in [3.05, 3.63) is 34.9 Å². The molecular formula is C22H33N. The lowest BCUT2D eigenvalue weighted by molar-refractivity contribution is 0.211. The van der Waals surface area contributed by atoms with Crippen molar-refractivity contribution in [1.29, 1.82) is 5.26 Å². The van der Waals surface area contributed by atoms with Gasteiger partial charge in [0.25, 0.3) is 0 Å². The molecule has 0 aromatic heterocycles. The standard InChI is InChI=1S/C22H33N/c1-5-10-18-15-19(11-12-20(18)17(3)4)21(6-2)22(16-23)13-8-7-9-14-22/h11-12,15,17,21H,5-10,13-14H2,1-4H3. The van der Waals surface area contributed by atoms with Crippen molar-refractivity contribution in [3.8, 4) is 6.07 Å². The van der Waals surface area contributed by atoms with Crippen LogP contribution in [0.15, 0.2) is 18.2 Å². The maximum absolute atomic E-state index is 9.97. The Morgan fingerprint density at radius 3 is 2.35 bits per heavy atom. The van der Waals surface area contributed by atoms with Crippen LogP contribution >= 0.6 is 0 Å². The smallest absolute Gasteiger partial charge is 0.0696 e. The first kappa shape index (κ1) is 18.1. The van der Waals surface area contributed by atoms with Crippen LogP contribution in [-0.4, -0.2) is 0 Å². The van der Waals surface area contributed by atoms with E-state index in [-0.39, 0.29) is 5.41 Å². The second-order valence-electron chi connectivity index (χ2n) is 7.65. The zero-order chi connectivity index (χ0) is 16.9. The van der Waals surface area contributed by atoms with Gasteiger partial charge in [0.15, 0.2) is 0 Å². The fourth-order valence-corrected chi connectivity index (χ4v) is 4.56. The number of nitriles is 1. The fraction of sp³-hybridized carbons (Fsp3) is 0.682. The lowest BCUT2D eigenvalue weighted by Gasteiger charge is -2.38. The van der Waals surface area contributed by atoms with Crippen molar-refractivity contribution in [1.82, 2.24) is 0 Å². The van der Waals surface area contributed by atoms with Crippen molar-refractivity contribution in [2.45, 2.75) is 90.9 Å². The molecule has 1 nitrogen and oxygen atoms in total. The van der Waals surface area contributed by atoms with Gasteiger partial charge in [0, 0.05) is 5.92 Å². The molecule has 1 fully saturated rings. The SMILES string of the molecule is CCCc1cc(C(CC)C2(C#N)CCCCC2)ccc1C(C)C. The van der Waals surface area contributed by atoms with E-state index in [4.69, 9.17) is 0 Å². The quantitative estimate of drug-likeness (QED) is 0.571. The van der Waals surface area contributed by atoms with Gasteiger partial charge in [-0.05, 0) is 48.3 Å². The molecule has 0 radical (unpaired) electrons. The molecule has 1 heteroatoms. The van der Waals surface area contributed by atoms with E-state index in [9.17, 15) is 5.26 Å². The normalized spacial score (nSPS) is 18.6. The predicted octanol–water partition coefficient (Wildman–Crippen LogP) is 6.73. The minimum atomic E-state index is -0.129. The van der Waals surface area contributed by atoms with E-state index in [0.717, 1.165) is 25.7 Å². The average Bonchev–Trinajstić information content (AvgIpc) is 2.56. The van der Waals surface area contributed by atoms with Gasteiger partial charge in [0.05, 0.1) is 11.5 Å². The molecule has 1 aromatic carbocycles. The molecule has 1 aliphatic rings. The van der Waals surface area contributed by atoms with Crippen LogP contribution in [0.5, 0.6) is 0 Å². The topological polar surface area (TPSA) is 23.8 Å². The van der Waals surface area contributed by atoms with E-state index >= 15 is 0 Å². The molecule has 1 aliphatic carbocycles. The summed E-state index contributed by atoms with van der Waals surface area (Å²) in [7, 11) is 0. The highest BCUT2D eigenvalue weighted by atomic mass is 14.5. The molecule has 1 aromatic rings. The second kappa shape index (κ2) is 8.00. The van der Waals surface area contributed by atoms with E-state index in [1.807, 2.05) is 0 Å². The Labute approximate surface area is 143 Å². The molecule has 0 amide bonds. The van der Waals surface area contributed by atoms with Crippen molar-refractivity contribution in [2.24, 2.45) is 5.41 Å². The van der Waals surface area contributed by atoms with Crippen LogP contribution in [0.2, 0.25) is 0 Å². The summed E-state index contributed by atoms with van der Waals surface area (Å²) in [6, 6.07) is 9.84. The molecule has 126 valence electrons. The van der Waals surface area contributed by atoms with Crippen molar-refractivity contribution in [2.75, 3.05) is 0 Å². The fourth-order valence-electron chi connectivity index (χ4n) is 4.56. The van der Waals surface area contributed by atoms with Crippen LogP contribution in [0.1, 0.15) is 101 Å². The van der Waals surface area contributed by atoms with Gasteiger partial charge in [-0.25, -0.2) is 0 Å². The Kier molecular flexibility index (Phi) is 6.28. The van der Waals surface area contributed by atoms with Gasteiger partial charge in [-0.3, -0.25) is 0 Å². The highest BCUT2D eigenvalue weighted by molar-refractivity contribution is 5.37. The summed E-state index contributed by atoms with van der Waals surface area (Å²) in [5.74, 6) is 0.968. The molecule has 23 heavy (non-hydrogen) atoms. The minimum Gasteiger partial charge on any atom is -0.198 e. The lowest BCUT2D eigenvalue weighted by Crippen LogP contribution is -2.30. The van der Waals surface area contributed by atoms with Gasteiger partial charge in [0.2, 0.25) is 0 Å². The molecule has 0 N–H and O–H groups in total. The summed E-state index contributed by atoms with van der Waals surface area (Å²) < 4.78 is 0. The highest BCUT2D eigenvalue weighted by Gasteiger charge is 2.40. The Balaban J connectivity index is 2.41. The van der Waals surface area contributed by atoms with Crippen LogP contribution < -0.4 is 0 Å². The summed E-state index contributed by atoms with van der Waals surface area (Å²) in [6.07, 6.45) is 9.30. The molecule has 1 atom stereocenters. The summed E-state index contributed by atoms with van der Waals surface area (Å²) in [5.41, 5.74) is 4.27. The maximum Gasteiger partial charge on any atom is 0.0696 e. The molecule has 0 aliphatic heterocycles. The first-order valence-electron chi connectivity index (χ1n) is 9.62. The van der Waals surface area contributed by atoms with Crippen LogP contribution in [0.25, 0.3) is 0 Å². The van der Waals surface area contributed by atoms with Crippen LogP contribution in [-0.2, 0) is 6.42 Å². The van der Waals surface area contributed by atoms with E-state index in [0.29, 0.717) is 11.8 Å². The molecule has 0 spiro atoms. The minimum absolute atomic E-state index is 0.129. The van der Waals surface area contributed by atoms with Gasteiger partial charge >= 0.3 is 0 Å². The first-order chi connectivity index (χ1) is 11.1. The van der Waals surface area contributed by atoms with Crippen molar-refractivity contribution < 1.29 is 0 Å². The van der Waals surface area contributed by atoms with Crippen LogP contribution in [0.3, 0.4) is 0 Å². The Morgan fingerprint density at radius 2 is 1.83 bits per heavy atom. The molecule has 1 unspecified atom stereocenters. The zero-order valence-electron chi connectivity index (χ0n) is 15.5. The average molecular weight is 312 g/mol. The summed E-state index contributed by atoms with van der Waals surface area (Å²) in [6.45, 7) is 9.08. The molecular weight excluding hydrogens is 278 g/mol. The monoisotopic (exact) mass is 311 g/mol. The summed E-state index contributed by atoms with van der Waals surface area (Å²) in [4.78, 5) is 0. The van der Waals surface area contributed by atoms with E-state index < -0.39 is 0 Å².